The zero-order valence-corrected chi connectivity index (χ0v) is 19.3. The van der Waals surface area contributed by atoms with Gasteiger partial charge in [-0.3, -0.25) is 4.79 Å². The molecule has 0 bridgehead atoms. The highest BCUT2D eigenvalue weighted by Crippen LogP contribution is 2.40. The van der Waals surface area contributed by atoms with Gasteiger partial charge in [0.2, 0.25) is 11.0 Å². The number of rotatable bonds is 6. The molecule has 1 aromatic carbocycles. The number of benzene rings is 1. The molecule has 0 unspecified atom stereocenters. The molecule has 1 aliphatic heterocycles. The number of fused-ring (bicyclic) bond motifs is 1. The van der Waals surface area contributed by atoms with Gasteiger partial charge in [-0.25, -0.2) is 18.2 Å². The first-order valence-corrected chi connectivity index (χ1v) is 12.0. The molecule has 33 heavy (non-hydrogen) atoms. The van der Waals surface area contributed by atoms with Crippen molar-refractivity contribution in [2.45, 2.75) is 36.6 Å². The number of halogens is 2. The van der Waals surface area contributed by atoms with Gasteiger partial charge >= 0.3 is 0 Å². The van der Waals surface area contributed by atoms with Crippen LogP contribution in [0.25, 0.3) is 16.0 Å². The molecule has 3 heterocycles. The topological polar surface area (TPSA) is 103 Å². The van der Waals surface area contributed by atoms with Crippen molar-refractivity contribution in [3.8, 4) is 11.2 Å². The maximum Gasteiger partial charge on any atom is 0.291 e. The number of nitrogens with one attached hydrogen (secondary N) is 1. The Morgan fingerprint density at radius 1 is 1.27 bits per heavy atom. The molecule has 172 valence electrons. The first-order valence-electron chi connectivity index (χ1n) is 10.4. The molecule has 2 fully saturated rings. The second-order valence-electron chi connectivity index (χ2n) is 8.05. The van der Waals surface area contributed by atoms with Gasteiger partial charge in [0, 0.05) is 49.1 Å². The third-order valence-electron chi connectivity index (χ3n) is 5.83. The number of nitriles is 1. The number of hydrogen-bond acceptors (Lipinski definition) is 9. The van der Waals surface area contributed by atoms with Crippen molar-refractivity contribution in [1.29, 1.82) is 5.26 Å². The van der Waals surface area contributed by atoms with Crippen molar-refractivity contribution in [2.75, 3.05) is 31.1 Å². The van der Waals surface area contributed by atoms with E-state index in [9.17, 15) is 18.8 Å². The standard InChI is InChI=1S/C20H20F2N8OS2/c1-12(31)28-4-6-29(7-5-28)15-8-13(33-27-20(11-23)2-3-20)9-16-14(15)10-24-30(16)19-26-25-18(32-19)17(21)22/h8-10,17,27H,2-7H2,1H3. The fraction of sp³-hybridized carbons (Fsp3) is 0.450. The molecule has 5 rings (SSSR count). The van der Waals surface area contributed by atoms with Crippen LogP contribution >= 0.6 is 23.3 Å². The molecule has 3 aromatic rings. The van der Waals surface area contributed by atoms with Gasteiger partial charge in [0.15, 0.2) is 5.01 Å². The normalized spacial score (nSPS) is 17.5. The van der Waals surface area contributed by atoms with Gasteiger partial charge in [0.05, 0.1) is 17.8 Å². The van der Waals surface area contributed by atoms with E-state index in [1.54, 1.807) is 13.1 Å². The molecule has 1 amide bonds. The second-order valence-corrected chi connectivity index (χ2v) is 9.91. The quantitative estimate of drug-likeness (QED) is 0.526. The van der Waals surface area contributed by atoms with Crippen LogP contribution < -0.4 is 9.62 Å². The van der Waals surface area contributed by atoms with Gasteiger partial charge in [0.1, 0.15) is 5.54 Å². The number of carbonyl (C=O) groups is 1. The Morgan fingerprint density at radius 3 is 2.64 bits per heavy atom. The van der Waals surface area contributed by atoms with Crippen molar-refractivity contribution in [1.82, 2.24) is 29.6 Å². The summed E-state index contributed by atoms with van der Waals surface area (Å²) in [5.41, 5.74) is 1.15. The lowest BCUT2D eigenvalue weighted by atomic mass is 10.1. The molecular weight excluding hydrogens is 470 g/mol. The van der Waals surface area contributed by atoms with Gasteiger partial charge in [-0.05, 0) is 36.9 Å². The monoisotopic (exact) mass is 490 g/mol. The van der Waals surface area contributed by atoms with Gasteiger partial charge in [-0.1, -0.05) is 11.3 Å². The molecular formula is C20H20F2N8OS2. The number of alkyl halides is 2. The Balaban J connectivity index is 1.52. The summed E-state index contributed by atoms with van der Waals surface area (Å²) in [5.74, 6) is 0.0541. The fourth-order valence-electron chi connectivity index (χ4n) is 3.74. The molecule has 9 nitrogen and oxygen atoms in total. The summed E-state index contributed by atoms with van der Waals surface area (Å²) < 4.78 is 30.9. The molecule has 1 saturated carbocycles. The highest BCUT2D eigenvalue weighted by molar-refractivity contribution is 7.97. The van der Waals surface area contributed by atoms with Crippen molar-refractivity contribution < 1.29 is 13.6 Å². The highest BCUT2D eigenvalue weighted by Gasteiger charge is 2.43. The maximum absolute atomic E-state index is 13.1. The number of nitrogens with zero attached hydrogens (tertiary/aromatic N) is 7. The van der Waals surface area contributed by atoms with E-state index in [-0.39, 0.29) is 16.0 Å². The summed E-state index contributed by atoms with van der Waals surface area (Å²) in [6.45, 7) is 4.13. The van der Waals surface area contributed by atoms with Crippen molar-refractivity contribution >= 4 is 45.8 Å². The summed E-state index contributed by atoms with van der Waals surface area (Å²) in [7, 11) is 0. The molecule has 0 spiro atoms. The van der Waals surface area contributed by atoms with Crippen LogP contribution in [-0.2, 0) is 4.79 Å². The third-order valence-corrected chi connectivity index (χ3v) is 7.70. The summed E-state index contributed by atoms with van der Waals surface area (Å²) in [6, 6.07) is 6.26. The lowest BCUT2D eigenvalue weighted by molar-refractivity contribution is -0.129. The van der Waals surface area contributed by atoms with Crippen molar-refractivity contribution in [3.05, 3.63) is 23.3 Å². The molecule has 0 radical (unpaired) electrons. The van der Waals surface area contributed by atoms with Crippen LogP contribution in [0, 0.1) is 11.3 Å². The smallest absolute Gasteiger partial charge is 0.291 e. The van der Waals surface area contributed by atoms with E-state index in [1.807, 2.05) is 17.0 Å². The predicted molar refractivity (Wildman–Crippen MR) is 121 cm³/mol. The minimum Gasteiger partial charge on any atom is -0.367 e. The molecule has 1 N–H and O–H groups in total. The molecule has 1 saturated heterocycles. The number of hydrogen-bond donors (Lipinski definition) is 1. The molecule has 0 atom stereocenters. The minimum atomic E-state index is -2.69. The van der Waals surface area contributed by atoms with Gasteiger partial charge in [-0.2, -0.15) is 10.4 Å². The second kappa shape index (κ2) is 8.51. The van der Waals surface area contributed by atoms with Gasteiger partial charge < -0.3 is 9.80 Å². The maximum atomic E-state index is 13.1. The fourth-order valence-corrected chi connectivity index (χ4v) is 5.31. The average molecular weight is 491 g/mol. The van der Waals surface area contributed by atoms with Crippen molar-refractivity contribution in [2.24, 2.45) is 0 Å². The van der Waals surface area contributed by atoms with Crippen LogP contribution in [0.1, 0.15) is 31.2 Å². The van der Waals surface area contributed by atoms with Gasteiger partial charge in [0.25, 0.3) is 6.43 Å². The summed E-state index contributed by atoms with van der Waals surface area (Å²) >= 11 is 2.17. The van der Waals surface area contributed by atoms with Gasteiger partial charge in [-0.15, -0.1) is 10.2 Å². The third kappa shape index (κ3) is 4.25. The van der Waals surface area contributed by atoms with E-state index in [2.05, 4.69) is 31.0 Å². The Labute approximate surface area is 196 Å². The lowest BCUT2D eigenvalue weighted by Gasteiger charge is -2.36. The number of carbonyl (C=O) groups excluding carboxylic acids is 1. The Bertz CT molecular complexity index is 1240. The Kier molecular flexibility index (Phi) is 5.67. The van der Waals surface area contributed by atoms with Crippen LogP contribution in [0.3, 0.4) is 0 Å². The van der Waals surface area contributed by atoms with E-state index >= 15 is 0 Å². The zero-order chi connectivity index (χ0) is 23.2. The number of anilines is 1. The Morgan fingerprint density at radius 2 is 2.03 bits per heavy atom. The SMILES string of the molecule is CC(=O)N1CCN(c2cc(SNC3(C#N)CC3)cc3c2cnn3-c2nnc(C(F)F)s2)CC1. The van der Waals surface area contributed by atoms with E-state index in [4.69, 9.17) is 0 Å². The van der Waals surface area contributed by atoms with Crippen LogP contribution in [0.15, 0.2) is 23.2 Å². The lowest BCUT2D eigenvalue weighted by Crippen LogP contribution is -2.48. The van der Waals surface area contributed by atoms with E-state index in [0.29, 0.717) is 31.7 Å². The van der Waals surface area contributed by atoms with Crippen LogP contribution in [0.4, 0.5) is 14.5 Å². The van der Waals surface area contributed by atoms with Crippen LogP contribution in [0.2, 0.25) is 0 Å². The van der Waals surface area contributed by atoms with Crippen LogP contribution in [0.5, 0.6) is 0 Å². The molecule has 2 aliphatic rings. The highest BCUT2D eigenvalue weighted by atomic mass is 32.2. The molecule has 13 heteroatoms. The van der Waals surface area contributed by atoms with E-state index < -0.39 is 12.0 Å². The van der Waals surface area contributed by atoms with E-state index in [0.717, 1.165) is 40.1 Å². The first kappa shape index (κ1) is 22.0. The average Bonchev–Trinajstić information content (AvgIpc) is 3.22. The summed E-state index contributed by atoms with van der Waals surface area (Å²) in [6.07, 6.45) is 0.614. The minimum absolute atomic E-state index is 0.0541. The number of amides is 1. The predicted octanol–water partition coefficient (Wildman–Crippen LogP) is 3.14. The van der Waals surface area contributed by atoms with Crippen LogP contribution in [-0.4, -0.2) is 62.5 Å². The summed E-state index contributed by atoms with van der Waals surface area (Å²) in [5, 5.41) is 22.1. The Hall–Kier alpha value is -2.82. The van der Waals surface area contributed by atoms with E-state index in [1.165, 1.54) is 16.6 Å². The van der Waals surface area contributed by atoms with Crippen molar-refractivity contribution in [3.63, 3.8) is 0 Å². The zero-order valence-electron chi connectivity index (χ0n) is 17.7. The first-order chi connectivity index (χ1) is 15.9. The molecule has 2 aromatic heterocycles. The summed E-state index contributed by atoms with van der Waals surface area (Å²) in [4.78, 5) is 16.6. The number of aromatic nitrogens is 4. The largest absolute Gasteiger partial charge is 0.367 e. The molecule has 1 aliphatic carbocycles. The number of piperazine rings is 1.